The topological polar surface area (TPSA) is 87.7 Å². The summed E-state index contributed by atoms with van der Waals surface area (Å²) >= 11 is 11.7. The lowest BCUT2D eigenvalue weighted by atomic mass is 10.1. The second kappa shape index (κ2) is 6.47. The molecule has 1 amide bonds. The predicted molar refractivity (Wildman–Crippen MR) is 71.4 cm³/mol. The van der Waals surface area contributed by atoms with E-state index in [1.807, 2.05) is 0 Å². The summed E-state index contributed by atoms with van der Waals surface area (Å²) in [6, 6.07) is 4.01. The van der Waals surface area contributed by atoms with Crippen molar-refractivity contribution in [1.82, 2.24) is 5.32 Å². The quantitative estimate of drug-likeness (QED) is 0.344. The molecular formula is C11H13Cl2N3O2. The Morgan fingerprint density at radius 3 is 2.78 bits per heavy atom. The number of hydrogen-bond acceptors (Lipinski definition) is 3. The van der Waals surface area contributed by atoms with Gasteiger partial charge in [-0.15, -0.1) is 0 Å². The molecular weight excluding hydrogens is 277 g/mol. The number of halogens is 2. The SMILES string of the molecule is CCC(NC(=O)c1cc(Cl)ccc1Cl)/C(N)=N/O. The summed E-state index contributed by atoms with van der Waals surface area (Å²) in [5.74, 6) is -0.495. The van der Waals surface area contributed by atoms with Gasteiger partial charge in [-0.1, -0.05) is 35.3 Å². The van der Waals surface area contributed by atoms with E-state index in [0.717, 1.165) is 0 Å². The lowest BCUT2D eigenvalue weighted by molar-refractivity contribution is 0.0945. The van der Waals surface area contributed by atoms with E-state index in [0.29, 0.717) is 11.4 Å². The number of amidine groups is 1. The molecule has 1 aromatic carbocycles. The first-order valence-electron chi connectivity index (χ1n) is 5.23. The van der Waals surface area contributed by atoms with Crippen LogP contribution in [0.2, 0.25) is 10.0 Å². The van der Waals surface area contributed by atoms with Gasteiger partial charge in [-0.3, -0.25) is 4.79 Å². The van der Waals surface area contributed by atoms with Crippen molar-refractivity contribution in [1.29, 1.82) is 0 Å². The van der Waals surface area contributed by atoms with Crippen LogP contribution in [0.3, 0.4) is 0 Å². The summed E-state index contributed by atoms with van der Waals surface area (Å²) < 4.78 is 0. The molecule has 0 bridgehead atoms. The largest absolute Gasteiger partial charge is 0.409 e. The Morgan fingerprint density at radius 2 is 2.22 bits per heavy atom. The third-order valence-corrected chi connectivity index (χ3v) is 2.92. The number of amides is 1. The van der Waals surface area contributed by atoms with Crippen LogP contribution in [0.15, 0.2) is 23.4 Å². The zero-order chi connectivity index (χ0) is 13.7. The van der Waals surface area contributed by atoms with E-state index >= 15 is 0 Å². The van der Waals surface area contributed by atoms with Crippen molar-refractivity contribution in [2.75, 3.05) is 0 Å². The fourth-order valence-corrected chi connectivity index (χ4v) is 1.74. The van der Waals surface area contributed by atoms with Crippen LogP contribution in [0.1, 0.15) is 23.7 Å². The van der Waals surface area contributed by atoms with Crippen LogP contribution in [0.5, 0.6) is 0 Å². The van der Waals surface area contributed by atoms with Crippen molar-refractivity contribution in [2.24, 2.45) is 10.9 Å². The summed E-state index contributed by atoms with van der Waals surface area (Å²) in [7, 11) is 0. The van der Waals surface area contributed by atoms with E-state index in [4.69, 9.17) is 34.1 Å². The molecule has 0 saturated carbocycles. The van der Waals surface area contributed by atoms with E-state index in [2.05, 4.69) is 10.5 Å². The molecule has 0 saturated heterocycles. The summed E-state index contributed by atoms with van der Waals surface area (Å²) in [5, 5.41) is 14.7. The predicted octanol–water partition coefficient (Wildman–Crippen LogP) is 2.25. The van der Waals surface area contributed by atoms with Crippen LogP contribution < -0.4 is 11.1 Å². The van der Waals surface area contributed by atoms with Gasteiger partial charge in [0.2, 0.25) is 0 Å². The van der Waals surface area contributed by atoms with Crippen molar-refractivity contribution in [3.8, 4) is 0 Å². The number of nitrogens with two attached hydrogens (primary N) is 1. The monoisotopic (exact) mass is 289 g/mol. The second-order valence-electron chi connectivity index (χ2n) is 3.58. The molecule has 0 heterocycles. The number of carbonyl (C=O) groups excluding carboxylic acids is 1. The summed E-state index contributed by atoms with van der Waals surface area (Å²) in [4.78, 5) is 12.0. The van der Waals surface area contributed by atoms with E-state index in [1.165, 1.54) is 12.1 Å². The highest BCUT2D eigenvalue weighted by Gasteiger charge is 2.18. The zero-order valence-electron chi connectivity index (χ0n) is 9.65. The maximum absolute atomic E-state index is 12.0. The van der Waals surface area contributed by atoms with E-state index < -0.39 is 11.9 Å². The average Bonchev–Trinajstić information content (AvgIpc) is 2.37. The highest BCUT2D eigenvalue weighted by atomic mass is 35.5. The van der Waals surface area contributed by atoms with E-state index in [-0.39, 0.29) is 16.4 Å². The normalized spacial score (nSPS) is 13.2. The standard InChI is InChI=1S/C11H13Cl2N3O2/c1-2-9(10(14)16-18)15-11(17)7-5-6(12)3-4-8(7)13/h3-5,9,18H,2H2,1H3,(H2,14,16)(H,15,17). The molecule has 5 nitrogen and oxygen atoms in total. The fraction of sp³-hybridized carbons (Fsp3) is 0.273. The third kappa shape index (κ3) is 3.51. The van der Waals surface area contributed by atoms with Gasteiger partial charge < -0.3 is 16.3 Å². The number of hydrogen-bond donors (Lipinski definition) is 3. The van der Waals surface area contributed by atoms with Crippen LogP contribution in [0.4, 0.5) is 0 Å². The first kappa shape index (κ1) is 14.6. The van der Waals surface area contributed by atoms with Crippen molar-refractivity contribution < 1.29 is 10.0 Å². The minimum atomic E-state index is -0.558. The smallest absolute Gasteiger partial charge is 0.253 e. The molecule has 1 rings (SSSR count). The van der Waals surface area contributed by atoms with Gasteiger partial charge in [0.05, 0.1) is 16.6 Å². The van der Waals surface area contributed by atoms with Gasteiger partial charge in [0, 0.05) is 5.02 Å². The van der Waals surface area contributed by atoms with Crippen molar-refractivity contribution in [2.45, 2.75) is 19.4 Å². The number of benzene rings is 1. The maximum Gasteiger partial charge on any atom is 0.253 e. The van der Waals surface area contributed by atoms with E-state index in [9.17, 15) is 4.79 Å². The Hall–Kier alpha value is -1.46. The fourth-order valence-electron chi connectivity index (χ4n) is 1.36. The number of rotatable bonds is 4. The first-order valence-corrected chi connectivity index (χ1v) is 5.98. The molecule has 1 unspecified atom stereocenters. The summed E-state index contributed by atoms with van der Waals surface area (Å²) in [6.07, 6.45) is 0.486. The maximum atomic E-state index is 12.0. The first-order chi connectivity index (χ1) is 8.49. The molecule has 0 aliphatic heterocycles. The number of nitrogens with one attached hydrogen (secondary N) is 1. The molecule has 7 heteroatoms. The van der Waals surface area contributed by atoms with Crippen LogP contribution >= 0.6 is 23.2 Å². The molecule has 98 valence electrons. The molecule has 0 aromatic heterocycles. The van der Waals surface area contributed by atoms with Crippen molar-refractivity contribution in [3.63, 3.8) is 0 Å². The Labute approximate surface area is 115 Å². The third-order valence-electron chi connectivity index (χ3n) is 2.36. The van der Waals surface area contributed by atoms with Gasteiger partial charge in [0.15, 0.2) is 5.84 Å². The lowest BCUT2D eigenvalue weighted by Crippen LogP contribution is -2.44. The van der Waals surface area contributed by atoms with Gasteiger partial charge in [-0.05, 0) is 24.6 Å². The zero-order valence-corrected chi connectivity index (χ0v) is 11.2. The molecule has 4 N–H and O–H groups in total. The van der Waals surface area contributed by atoms with Gasteiger partial charge in [-0.25, -0.2) is 0 Å². The van der Waals surface area contributed by atoms with Crippen LogP contribution in [0, 0.1) is 0 Å². The number of carbonyl (C=O) groups is 1. The molecule has 0 fully saturated rings. The minimum Gasteiger partial charge on any atom is -0.409 e. The Kier molecular flexibility index (Phi) is 5.25. The summed E-state index contributed by atoms with van der Waals surface area (Å²) in [5.41, 5.74) is 5.69. The summed E-state index contributed by atoms with van der Waals surface area (Å²) in [6.45, 7) is 1.79. The Morgan fingerprint density at radius 1 is 1.56 bits per heavy atom. The molecule has 1 aromatic rings. The van der Waals surface area contributed by atoms with E-state index in [1.54, 1.807) is 13.0 Å². The molecule has 0 aliphatic rings. The van der Waals surface area contributed by atoms with Crippen LogP contribution in [0.25, 0.3) is 0 Å². The van der Waals surface area contributed by atoms with Crippen molar-refractivity contribution in [3.05, 3.63) is 33.8 Å². The average molecular weight is 290 g/mol. The van der Waals surface area contributed by atoms with Gasteiger partial charge in [0.1, 0.15) is 0 Å². The highest BCUT2D eigenvalue weighted by Crippen LogP contribution is 2.20. The second-order valence-corrected chi connectivity index (χ2v) is 4.43. The van der Waals surface area contributed by atoms with Gasteiger partial charge >= 0.3 is 0 Å². The molecule has 0 radical (unpaired) electrons. The van der Waals surface area contributed by atoms with Gasteiger partial charge in [0.25, 0.3) is 5.91 Å². The molecule has 18 heavy (non-hydrogen) atoms. The van der Waals surface area contributed by atoms with Crippen LogP contribution in [-0.2, 0) is 0 Å². The minimum absolute atomic E-state index is 0.0657. The molecule has 0 spiro atoms. The van der Waals surface area contributed by atoms with Crippen molar-refractivity contribution >= 4 is 34.9 Å². The molecule has 0 aliphatic carbocycles. The highest BCUT2D eigenvalue weighted by molar-refractivity contribution is 6.35. The van der Waals surface area contributed by atoms with Gasteiger partial charge in [-0.2, -0.15) is 0 Å². The Bertz CT molecular complexity index is 477. The Balaban J connectivity index is 2.91. The number of oxime groups is 1. The lowest BCUT2D eigenvalue weighted by Gasteiger charge is -2.15. The molecule has 1 atom stereocenters. The van der Waals surface area contributed by atoms with Crippen LogP contribution in [-0.4, -0.2) is 23.0 Å². The number of nitrogens with zero attached hydrogens (tertiary/aromatic N) is 1.